The summed E-state index contributed by atoms with van der Waals surface area (Å²) in [6.07, 6.45) is 3.53. The van der Waals surface area contributed by atoms with E-state index in [4.69, 9.17) is 4.74 Å². The highest BCUT2D eigenvalue weighted by atomic mass is 16.5. The van der Waals surface area contributed by atoms with E-state index in [0.29, 0.717) is 12.1 Å². The number of aryl methyl sites for hydroxylation is 1. The molecule has 1 amide bonds. The Labute approximate surface area is 142 Å². The third-order valence-electron chi connectivity index (χ3n) is 3.84. The number of imidazole rings is 1. The van der Waals surface area contributed by atoms with E-state index in [9.17, 15) is 9.59 Å². The molecule has 2 rings (SSSR count). The molecule has 1 heterocycles. The minimum absolute atomic E-state index is 0.230. The molecule has 0 unspecified atom stereocenters. The number of carbonyl (C=O) groups excluding carboxylic acids is 2. The molecule has 0 saturated carbocycles. The van der Waals surface area contributed by atoms with E-state index in [0.717, 1.165) is 5.82 Å². The van der Waals surface area contributed by atoms with Gasteiger partial charge in [-0.1, -0.05) is 12.1 Å². The minimum Gasteiger partial charge on any atom is -0.465 e. The number of hydrogen-bond acceptors (Lipinski definition) is 4. The van der Waals surface area contributed by atoms with Gasteiger partial charge in [0.15, 0.2) is 0 Å². The highest BCUT2D eigenvalue weighted by Gasteiger charge is 2.30. The Hall–Kier alpha value is -2.63. The molecule has 0 radical (unpaired) electrons. The number of carbonyl (C=O) groups is 2. The van der Waals surface area contributed by atoms with Crippen LogP contribution in [0.2, 0.25) is 0 Å². The van der Waals surface area contributed by atoms with Gasteiger partial charge >= 0.3 is 5.97 Å². The number of esters is 1. The van der Waals surface area contributed by atoms with Crippen LogP contribution in [0.25, 0.3) is 0 Å². The lowest BCUT2D eigenvalue weighted by molar-refractivity contribution is 0.0523. The molecular weight excluding hydrogens is 306 g/mol. The standard InChI is InChI=1S/C18H23N3O3/c1-18(2,3)21(12-15-19-10-11-20(15)4)16(22)13-8-6-7-9-14(13)17(23)24-5/h6-11H,12H2,1-5H3. The van der Waals surface area contributed by atoms with E-state index in [1.165, 1.54) is 7.11 Å². The maximum Gasteiger partial charge on any atom is 0.338 e. The zero-order chi connectivity index (χ0) is 17.9. The second-order valence-electron chi connectivity index (χ2n) is 6.55. The van der Waals surface area contributed by atoms with Gasteiger partial charge in [-0.05, 0) is 32.9 Å². The molecule has 0 N–H and O–H groups in total. The van der Waals surface area contributed by atoms with Gasteiger partial charge in [0, 0.05) is 25.0 Å². The van der Waals surface area contributed by atoms with Crippen LogP contribution in [0.4, 0.5) is 0 Å². The Morgan fingerprint density at radius 3 is 2.33 bits per heavy atom. The summed E-state index contributed by atoms with van der Waals surface area (Å²) in [5, 5.41) is 0. The van der Waals surface area contributed by atoms with Crippen molar-refractivity contribution in [3.8, 4) is 0 Å². The lowest BCUT2D eigenvalue weighted by atomic mass is 10.0. The molecule has 24 heavy (non-hydrogen) atoms. The zero-order valence-electron chi connectivity index (χ0n) is 14.7. The van der Waals surface area contributed by atoms with Gasteiger partial charge < -0.3 is 14.2 Å². The number of rotatable bonds is 4. The number of ether oxygens (including phenoxy) is 1. The molecule has 1 aromatic heterocycles. The van der Waals surface area contributed by atoms with Crippen molar-refractivity contribution in [1.29, 1.82) is 0 Å². The SMILES string of the molecule is COC(=O)c1ccccc1C(=O)N(Cc1nccn1C)C(C)(C)C. The van der Waals surface area contributed by atoms with Crippen LogP contribution in [0.15, 0.2) is 36.7 Å². The third kappa shape index (κ3) is 3.64. The average molecular weight is 329 g/mol. The third-order valence-corrected chi connectivity index (χ3v) is 3.84. The summed E-state index contributed by atoms with van der Waals surface area (Å²) >= 11 is 0. The van der Waals surface area contributed by atoms with Crippen LogP contribution in [-0.2, 0) is 18.3 Å². The number of aromatic nitrogens is 2. The molecule has 1 aromatic carbocycles. The van der Waals surface area contributed by atoms with Crippen LogP contribution in [0.5, 0.6) is 0 Å². The molecule has 6 heteroatoms. The van der Waals surface area contributed by atoms with Gasteiger partial charge in [0.2, 0.25) is 0 Å². The highest BCUT2D eigenvalue weighted by molar-refractivity contribution is 6.05. The number of methoxy groups -OCH3 is 1. The number of nitrogens with zero attached hydrogens (tertiary/aromatic N) is 3. The van der Waals surface area contributed by atoms with Gasteiger partial charge in [-0.15, -0.1) is 0 Å². The van der Waals surface area contributed by atoms with Gasteiger partial charge in [-0.2, -0.15) is 0 Å². The van der Waals surface area contributed by atoms with Crippen LogP contribution >= 0.6 is 0 Å². The van der Waals surface area contributed by atoms with E-state index in [1.54, 1.807) is 35.4 Å². The number of benzene rings is 1. The Morgan fingerprint density at radius 2 is 1.83 bits per heavy atom. The van der Waals surface area contributed by atoms with Crippen molar-refractivity contribution in [3.63, 3.8) is 0 Å². The molecule has 0 aliphatic carbocycles. The van der Waals surface area contributed by atoms with Crippen molar-refractivity contribution < 1.29 is 14.3 Å². The van der Waals surface area contributed by atoms with Crippen LogP contribution < -0.4 is 0 Å². The Kier molecular flexibility index (Phi) is 5.07. The molecule has 0 aliphatic heterocycles. The van der Waals surface area contributed by atoms with Crippen LogP contribution in [0.3, 0.4) is 0 Å². The quantitative estimate of drug-likeness (QED) is 0.809. The average Bonchev–Trinajstić information content (AvgIpc) is 2.95. The number of amides is 1. The largest absolute Gasteiger partial charge is 0.465 e. The fraction of sp³-hybridized carbons (Fsp3) is 0.389. The van der Waals surface area contributed by atoms with Gasteiger partial charge in [-0.3, -0.25) is 4.79 Å². The van der Waals surface area contributed by atoms with Crippen molar-refractivity contribution in [2.75, 3.05) is 7.11 Å². The first kappa shape index (κ1) is 17.7. The molecular formula is C18H23N3O3. The maximum atomic E-state index is 13.2. The van der Waals surface area contributed by atoms with Crippen LogP contribution in [0.1, 0.15) is 47.3 Å². The molecule has 0 bridgehead atoms. The monoisotopic (exact) mass is 329 g/mol. The fourth-order valence-electron chi connectivity index (χ4n) is 2.41. The fourth-order valence-corrected chi connectivity index (χ4v) is 2.41. The predicted molar refractivity (Wildman–Crippen MR) is 90.6 cm³/mol. The molecule has 2 aromatic rings. The molecule has 6 nitrogen and oxygen atoms in total. The highest BCUT2D eigenvalue weighted by Crippen LogP contribution is 2.22. The second kappa shape index (κ2) is 6.86. The van der Waals surface area contributed by atoms with E-state index in [1.807, 2.05) is 38.6 Å². The van der Waals surface area contributed by atoms with Crippen molar-refractivity contribution in [1.82, 2.24) is 14.5 Å². The summed E-state index contributed by atoms with van der Waals surface area (Å²) in [7, 11) is 3.19. The molecule has 0 spiro atoms. The summed E-state index contributed by atoms with van der Waals surface area (Å²) in [5.41, 5.74) is 0.152. The van der Waals surface area contributed by atoms with Crippen molar-refractivity contribution in [2.24, 2.45) is 7.05 Å². The van der Waals surface area contributed by atoms with Gasteiger partial charge in [0.25, 0.3) is 5.91 Å². The van der Waals surface area contributed by atoms with Gasteiger partial charge in [-0.25, -0.2) is 9.78 Å². The molecule has 0 atom stereocenters. The lowest BCUT2D eigenvalue weighted by Crippen LogP contribution is -2.46. The lowest BCUT2D eigenvalue weighted by Gasteiger charge is -2.35. The normalized spacial score (nSPS) is 11.2. The van der Waals surface area contributed by atoms with Crippen LogP contribution in [-0.4, -0.2) is 39.0 Å². The first-order valence-corrected chi connectivity index (χ1v) is 7.71. The smallest absolute Gasteiger partial charge is 0.338 e. The topological polar surface area (TPSA) is 64.4 Å². The summed E-state index contributed by atoms with van der Waals surface area (Å²) in [5.74, 6) is 0.0186. The molecule has 0 aliphatic rings. The van der Waals surface area contributed by atoms with E-state index >= 15 is 0 Å². The summed E-state index contributed by atoms with van der Waals surface area (Å²) in [6, 6.07) is 6.69. The van der Waals surface area contributed by atoms with E-state index in [-0.39, 0.29) is 11.5 Å². The molecule has 0 saturated heterocycles. The zero-order valence-corrected chi connectivity index (χ0v) is 14.7. The van der Waals surface area contributed by atoms with Gasteiger partial charge in [0.1, 0.15) is 5.82 Å². The number of hydrogen-bond donors (Lipinski definition) is 0. The summed E-state index contributed by atoms with van der Waals surface area (Å²) < 4.78 is 6.66. The van der Waals surface area contributed by atoms with Crippen molar-refractivity contribution in [2.45, 2.75) is 32.9 Å². The predicted octanol–water partition coefficient (Wildman–Crippen LogP) is 2.65. The summed E-state index contributed by atoms with van der Waals surface area (Å²) in [6.45, 7) is 6.21. The van der Waals surface area contributed by atoms with E-state index in [2.05, 4.69) is 4.98 Å². The Balaban J connectivity index is 2.43. The Morgan fingerprint density at radius 1 is 1.21 bits per heavy atom. The second-order valence-corrected chi connectivity index (χ2v) is 6.55. The first-order chi connectivity index (χ1) is 11.3. The molecule has 0 fully saturated rings. The minimum atomic E-state index is -0.523. The van der Waals surface area contributed by atoms with Crippen molar-refractivity contribution >= 4 is 11.9 Å². The van der Waals surface area contributed by atoms with Gasteiger partial charge in [0.05, 0.1) is 24.8 Å². The summed E-state index contributed by atoms with van der Waals surface area (Å²) in [4.78, 5) is 31.1. The molecule has 128 valence electrons. The van der Waals surface area contributed by atoms with Crippen LogP contribution in [0, 0.1) is 0 Å². The van der Waals surface area contributed by atoms with Crippen molar-refractivity contribution in [3.05, 3.63) is 53.6 Å². The maximum absolute atomic E-state index is 13.2. The van der Waals surface area contributed by atoms with E-state index < -0.39 is 11.5 Å². The first-order valence-electron chi connectivity index (χ1n) is 7.71. The Bertz CT molecular complexity index is 744.